The second-order valence-electron chi connectivity index (χ2n) is 5.04. The van der Waals surface area contributed by atoms with Gasteiger partial charge in [-0.05, 0) is 19.3 Å². The van der Waals surface area contributed by atoms with Crippen molar-refractivity contribution in [2.45, 2.75) is 26.2 Å². The molecule has 0 fully saturated rings. The van der Waals surface area contributed by atoms with Crippen molar-refractivity contribution in [3.63, 3.8) is 0 Å². The summed E-state index contributed by atoms with van der Waals surface area (Å²) < 4.78 is 0. The van der Waals surface area contributed by atoms with Crippen molar-refractivity contribution in [3.05, 3.63) is 12.2 Å². The van der Waals surface area contributed by atoms with E-state index >= 15 is 0 Å². The van der Waals surface area contributed by atoms with Crippen molar-refractivity contribution >= 4 is 17.8 Å². The summed E-state index contributed by atoms with van der Waals surface area (Å²) in [6.45, 7) is 2.48. The quantitative estimate of drug-likeness (QED) is 0.700. The van der Waals surface area contributed by atoms with Gasteiger partial charge in [0.2, 0.25) is 11.8 Å². The van der Waals surface area contributed by atoms with Crippen LogP contribution < -0.4 is 5.32 Å². The van der Waals surface area contributed by atoms with Gasteiger partial charge in [0, 0.05) is 13.6 Å². The second kappa shape index (κ2) is 7.67. The molecular weight excluding hydrogens is 260 g/mol. The molecule has 0 aromatic carbocycles. The van der Waals surface area contributed by atoms with E-state index in [-0.39, 0.29) is 18.4 Å². The standard InChI is InChI=1S/C14H22N2O4/c1-3-8-15-12(17)9-16(2)13(18)10-6-4-5-7-11(10)14(19)20/h4-5,10-11H,3,6-9H2,1-2H3,(H,15,17)(H,19,20). The van der Waals surface area contributed by atoms with E-state index in [1.807, 2.05) is 13.0 Å². The first-order chi connectivity index (χ1) is 9.47. The van der Waals surface area contributed by atoms with Crippen molar-refractivity contribution < 1.29 is 19.5 Å². The lowest BCUT2D eigenvalue weighted by Gasteiger charge is -2.28. The summed E-state index contributed by atoms with van der Waals surface area (Å²) in [5.41, 5.74) is 0. The predicted molar refractivity (Wildman–Crippen MR) is 73.9 cm³/mol. The zero-order valence-corrected chi connectivity index (χ0v) is 12.0. The number of rotatable bonds is 6. The molecule has 20 heavy (non-hydrogen) atoms. The molecule has 0 heterocycles. The summed E-state index contributed by atoms with van der Waals surface area (Å²) in [6, 6.07) is 0. The van der Waals surface area contributed by atoms with Crippen LogP contribution in [-0.2, 0) is 14.4 Å². The molecule has 1 rings (SSSR count). The molecule has 0 aliphatic heterocycles. The Labute approximate surface area is 118 Å². The molecular formula is C14H22N2O4. The molecule has 0 spiro atoms. The molecule has 112 valence electrons. The average Bonchev–Trinajstić information content (AvgIpc) is 2.44. The molecule has 0 saturated heterocycles. The van der Waals surface area contributed by atoms with Crippen LogP contribution in [0.15, 0.2) is 12.2 Å². The van der Waals surface area contributed by atoms with Crippen LogP contribution in [0.4, 0.5) is 0 Å². The normalized spacial score (nSPS) is 21.3. The molecule has 2 N–H and O–H groups in total. The van der Waals surface area contributed by atoms with Crippen LogP contribution in [0.1, 0.15) is 26.2 Å². The van der Waals surface area contributed by atoms with E-state index in [1.165, 1.54) is 11.9 Å². The number of amides is 2. The maximum atomic E-state index is 12.3. The Morgan fingerprint density at radius 3 is 2.40 bits per heavy atom. The van der Waals surface area contributed by atoms with Crippen LogP contribution in [-0.4, -0.2) is 47.9 Å². The van der Waals surface area contributed by atoms with Crippen molar-refractivity contribution in [2.75, 3.05) is 20.1 Å². The number of aliphatic carboxylic acids is 1. The molecule has 1 aliphatic rings. The molecule has 2 unspecified atom stereocenters. The molecule has 6 heteroatoms. The van der Waals surface area contributed by atoms with Crippen molar-refractivity contribution in [1.82, 2.24) is 10.2 Å². The number of hydrogen-bond donors (Lipinski definition) is 2. The highest BCUT2D eigenvalue weighted by Crippen LogP contribution is 2.27. The van der Waals surface area contributed by atoms with E-state index in [2.05, 4.69) is 5.32 Å². The lowest BCUT2D eigenvalue weighted by Crippen LogP contribution is -2.44. The van der Waals surface area contributed by atoms with E-state index < -0.39 is 17.8 Å². The number of carbonyl (C=O) groups excluding carboxylic acids is 2. The van der Waals surface area contributed by atoms with Gasteiger partial charge in [0.25, 0.3) is 0 Å². The van der Waals surface area contributed by atoms with E-state index in [1.54, 1.807) is 6.08 Å². The average molecular weight is 282 g/mol. The first-order valence-electron chi connectivity index (χ1n) is 6.86. The van der Waals surface area contributed by atoms with Crippen LogP contribution in [0.25, 0.3) is 0 Å². The van der Waals surface area contributed by atoms with E-state index in [4.69, 9.17) is 5.11 Å². The Morgan fingerprint density at radius 1 is 1.25 bits per heavy atom. The van der Waals surface area contributed by atoms with E-state index in [0.29, 0.717) is 19.4 Å². The van der Waals surface area contributed by atoms with Crippen LogP contribution in [0, 0.1) is 11.8 Å². The first-order valence-corrected chi connectivity index (χ1v) is 6.86. The highest BCUT2D eigenvalue weighted by molar-refractivity contribution is 5.88. The fourth-order valence-electron chi connectivity index (χ4n) is 2.26. The summed E-state index contributed by atoms with van der Waals surface area (Å²) in [5, 5.41) is 11.8. The van der Waals surface area contributed by atoms with Gasteiger partial charge in [-0.1, -0.05) is 19.1 Å². The third kappa shape index (κ3) is 4.36. The number of allylic oxidation sites excluding steroid dienone is 2. The Kier molecular flexibility index (Phi) is 6.21. The molecule has 2 atom stereocenters. The molecule has 0 bridgehead atoms. The summed E-state index contributed by atoms with van der Waals surface area (Å²) in [5.74, 6) is -2.75. The second-order valence-corrected chi connectivity index (χ2v) is 5.04. The van der Waals surface area contributed by atoms with Gasteiger partial charge in [-0.3, -0.25) is 14.4 Å². The summed E-state index contributed by atoms with van der Waals surface area (Å²) >= 11 is 0. The first kappa shape index (κ1) is 16.2. The number of carboxylic acids is 1. The van der Waals surface area contributed by atoms with Gasteiger partial charge >= 0.3 is 5.97 Å². The largest absolute Gasteiger partial charge is 0.481 e. The summed E-state index contributed by atoms with van der Waals surface area (Å²) in [6.07, 6.45) is 5.22. The van der Waals surface area contributed by atoms with Gasteiger partial charge < -0.3 is 15.3 Å². The van der Waals surface area contributed by atoms with Crippen LogP contribution in [0.5, 0.6) is 0 Å². The Hall–Kier alpha value is -1.85. The topological polar surface area (TPSA) is 86.7 Å². The molecule has 0 saturated carbocycles. The minimum atomic E-state index is -0.962. The lowest BCUT2D eigenvalue weighted by atomic mass is 9.82. The number of hydrogen-bond acceptors (Lipinski definition) is 3. The molecule has 2 amide bonds. The Morgan fingerprint density at radius 2 is 1.85 bits per heavy atom. The number of carbonyl (C=O) groups is 3. The molecule has 1 aliphatic carbocycles. The number of likely N-dealkylation sites (N-methyl/N-ethyl adjacent to an activating group) is 1. The monoisotopic (exact) mass is 282 g/mol. The Bertz CT molecular complexity index is 406. The van der Waals surface area contributed by atoms with Crippen molar-refractivity contribution in [2.24, 2.45) is 11.8 Å². The van der Waals surface area contributed by atoms with Gasteiger partial charge in [-0.25, -0.2) is 0 Å². The highest BCUT2D eigenvalue weighted by Gasteiger charge is 2.35. The van der Waals surface area contributed by atoms with Gasteiger partial charge in [-0.2, -0.15) is 0 Å². The Balaban J connectivity index is 2.60. The molecule has 0 aromatic heterocycles. The zero-order valence-electron chi connectivity index (χ0n) is 12.0. The lowest BCUT2D eigenvalue weighted by molar-refractivity contribution is -0.150. The summed E-state index contributed by atoms with van der Waals surface area (Å²) in [7, 11) is 1.53. The minimum absolute atomic E-state index is 0.0363. The number of nitrogens with zero attached hydrogens (tertiary/aromatic N) is 1. The smallest absolute Gasteiger partial charge is 0.307 e. The van der Waals surface area contributed by atoms with Gasteiger partial charge in [0.15, 0.2) is 0 Å². The predicted octanol–water partition coefficient (Wildman–Crippen LogP) is 0.638. The minimum Gasteiger partial charge on any atom is -0.481 e. The van der Waals surface area contributed by atoms with E-state index in [9.17, 15) is 14.4 Å². The van der Waals surface area contributed by atoms with Crippen molar-refractivity contribution in [1.29, 1.82) is 0 Å². The fourth-order valence-corrected chi connectivity index (χ4v) is 2.26. The fraction of sp³-hybridized carbons (Fsp3) is 0.643. The SMILES string of the molecule is CCCNC(=O)CN(C)C(=O)C1CC=CCC1C(=O)O. The van der Waals surface area contributed by atoms with Gasteiger partial charge in [0.05, 0.1) is 18.4 Å². The maximum absolute atomic E-state index is 12.3. The van der Waals surface area contributed by atoms with E-state index in [0.717, 1.165) is 6.42 Å². The highest BCUT2D eigenvalue weighted by atomic mass is 16.4. The number of nitrogens with one attached hydrogen (secondary N) is 1. The van der Waals surface area contributed by atoms with Crippen LogP contribution in [0.3, 0.4) is 0 Å². The third-order valence-electron chi connectivity index (χ3n) is 3.40. The zero-order chi connectivity index (χ0) is 15.1. The summed E-state index contributed by atoms with van der Waals surface area (Å²) in [4.78, 5) is 36.3. The molecule has 6 nitrogen and oxygen atoms in total. The van der Waals surface area contributed by atoms with Gasteiger partial charge in [0.1, 0.15) is 0 Å². The molecule has 0 aromatic rings. The maximum Gasteiger partial charge on any atom is 0.307 e. The van der Waals surface area contributed by atoms with Crippen LogP contribution in [0.2, 0.25) is 0 Å². The van der Waals surface area contributed by atoms with Gasteiger partial charge in [-0.15, -0.1) is 0 Å². The molecule has 0 radical (unpaired) electrons. The number of carboxylic acid groups (broad SMARTS) is 1. The van der Waals surface area contributed by atoms with Crippen molar-refractivity contribution in [3.8, 4) is 0 Å². The third-order valence-corrected chi connectivity index (χ3v) is 3.40. The van der Waals surface area contributed by atoms with Crippen LogP contribution >= 0.6 is 0 Å².